The zero-order valence-corrected chi connectivity index (χ0v) is 24.4. The van der Waals surface area contributed by atoms with Crippen molar-refractivity contribution in [1.82, 2.24) is 24.6 Å². The van der Waals surface area contributed by atoms with Crippen molar-refractivity contribution in [2.24, 2.45) is 13.0 Å². The van der Waals surface area contributed by atoms with Crippen LogP contribution in [0.25, 0.3) is 22.5 Å². The molecule has 2 aliphatic heterocycles. The Morgan fingerprint density at radius 1 is 1.07 bits per heavy atom. The van der Waals surface area contributed by atoms with E-state index in [1.54, 1.807) is 18.5 Å². The monoisotopic (exact) mass is 589 g/mol. The molecule has 43 heavy (non-hydrogen) atoms. The van der Waals surface area contributed by atoms with E-state index in [-0.39, 0.29) is 23.5 Å². The minimum absolute atomic E-state index is 0.00930. The van der Waals surface area contributed by atoms with Crippen LogP contribution in [0.2, 0.25) is 0 Å². The largest absolute Gasteiger partial charge is 0.416 e. The first-order chi connectivity index (χ1) is 20.6. The van der Waals surface area contributed by atoms with Gasteiger partial charge in [-0.15, -0.1) is 10.2 Å². The number of aryl methyl sites for hydroxylation is 1. The van der Waals surface area contributed by atoms with Gasteiger partial charge < -0.3 is 9.88 Å². The predicted octanol–water partition coefficient (Wildman–Crippen LogP) is 6.39. The van der Waals surface area contributed by atoms with E-state index in [0.29, 0.717) is 36.2 Å². The summed E-state index contributed by atoms with van der Waals surface area (Å²) in [6.45, 7) is 6.50. The molecule has 0 radical (unpaired) electrons. The number of alkyl halides is 3. The Bertz CT molecular complexity index is 1670. The lowest BCUT2D eigenvalue weighted by Crippen LogP contribution is -2.33. The van der Waals surface area contributed by atoms with Crippen LogP contribution in [0.5, 0.6) is 0 Å². The predicted molar refractivity (Wildman–Crippen MR) is 159 cm³/mol. The van der Waals surface area contributed by atoms with Gasteiger partial charge in [-0.3, -0.25) is 14.6 Å². The molecule has 1 fully saturated rings. The van der Waals surface area contributed by atoms with E-state index in [9.17, 15) is 18.0 Å². The molecule has 11 heteroatoms. The van der Waals surface area contributed by atoms with Crippen LogP contribution in [0, 0.1) is 5.92 Å². The molecule has 1 amide bonds. The maximum Gasteiger partial charge on any atom is 0.416 e. The van der Waals surface area contributed by atoms with E-state index in [2.05, 4.69) is 32.3 Å². The van der Waals surface area contributed by atoms with Crippen molar-refractivity contribution in [3.63, 3.8) is 0 Å². The topological polar surface area (TPSA) is 79.2 Å². The molecule has 2 aliphatic rings. The second kappa shape index (κ2) is 11.4. The van der Waals surface area contributed by atoms with Crippen molar-refractivity contribution in [3.05, 3.63) is 77.1 Å². The molecular weight excluding hydrogens is 555 g/mol. The second-order valence-corrected chi connectivity index (χ2v) is 11.5. The standard InChI is InChI=1S/C32H34F3N7O/c1-4-36-28-14-22(23-9-5-6-10-24(23)30-39-37-19-40(30)3)15-29(38-28)42-18-26-25(31(42)43)12-21(13-27(26)32(33,34)35)17-41-11-7-8-20(2)16-41/h5-6,9-10,12-15,19-20H,4,7-8,11,16-18H2,1-3H3,(H,36,38)/t20-/m1/s1. The Labute approximate surface area is 248 Å². The molecule has 4 heterocycles. The Balaban J connectivity index is 1.40. The van der Waals surface area contributed by atoms with Crippen molar-refractivity contribution in [1.29, 1.82) is 0 Å². The fraction of sp³-hybridized carbons (Fsp3) is 0.375. The van der Waals surface area contributed by atoms with Gasteiger partial charge in [0.1, 0.15) is 18.0 Å². The van der Waals surface area contributed by atoms with Crippen LogP contribution >= 0.6 is 0 Å². The summed E-state index contributed by atoms with van der Waals surface area (Å²) in [4.78, 5) is 22.0. The minimum atomic E-state index is -4.59. The summed E-state index contributed by atoms with van der Waals surface area (Å²) in [7, 11) is 1.85. The molecule has 0 unspecified atom stereocenters. The number of likely N-dealkylation sites (tertiary alicyclic amines) is 1. The molecule has 1 N–H and O–H groups in total. The summed E-state index contributed by atoms with van der Waals surface area (Å²) in [5.74, 6) is 1.46. The molecule has 0 saturated carbocycles. The third kappa shape index (κ3) is 5.73. The highest BCUT2D eigenvalue weighted by atomic mass is 19.4. The van der Waals surface area contributed by atoms with Gasteiger partial charge in [-0.05, 0) is 78.7 Å². The third-order valence-electron chi connectivity index (χ3n) is 8.19. The van der Waals surface area contributed by atoms with Gasteiger partial charge in [-0.25, -0.2) is 4.98 Å². The number of aromatic nitrogens is 4. The smallest absolute Gasteiger partial charge is 0.370 e. The van der Waals surface area contributed by atoms with Gasteiger partial charge >= 0.3 is 6.18 Å². The third-order valence-corrected chi connectivity index (χ3v) is 8.19. The molecule has 224 valence electrons. The van der Waals surface area contributed by atoms with E-state index in [1.807, 2.05) is 48.9 Å². The zero-order chi connectivity index (χ0) is 30.3. The second-order valence-electron chi connectivity index (χ2n) is 11.5. The van der Waals surface area contributed by atoms with Crippen LogP contribution < -0.4 is 10.2 Å². The van der Waals surface area contributed by atoms with Crippen LogP contribution in [0.4, 0.5) is 24.8 Å². The summed E-state index contributed by atoms with van der Waals surface area (Å²) < 4.78 is 45.0. The number of hydrogen-bond donors (Lipinski definition) is 1. The molecule has 0 aliphatic carbocycles. The van der Waals surface area contributed by atoms with Gasteiger partial charge in [-0.2, -0.15) is 13.2 Å². The number of benzene rings is 2. The minimum Gasteiger partial charge on any atom is -0.370 e. The Kier molecular flexibility index (Phi) is 7.68. The number of anilines is 2. The van der Waals surface area contributed by atoms with E-state index in [4.69, 9.17) is 0 Å². The highest BCUT2D eigenvalue weighted by molar-refractivity contribution is 6.10. The quantitative estimate of drug-likeness (QED) is 0.269. The lowest BCUT2D eigenvalue weighted by molar-refractivity contribution is -0.138. The number of halogens is 3. The Morgan fingerprint density at radius 2 is 1.86 bits per heavy atom. The summed E-state index contributed by atoms with van der Waals surface area (Å²) in [6.07, 6.45) is -0.843. The van der Waals surface area contributed by atoms with Crippen LogP contribution in [-0.2, 0) is 26.3 Å². The van der Waals surface area contributed by atoms with Crippen molar-refractivity contribution < 1.29 is 18.0 Å². The van der Waals surface area contributed by atoms with Gasteiger partial charge in [0.2, 0.25) is 0 Å². The van der Waals surface area contributed by atoms with E-state index >= 15 is 0 Å². The number of nitrogens with zero attached hydrogens (tertiary/aromatic N) is 6. The highest BCUT2D eigenvalue weighted by Gasteiger charge is 2.41. The first-order valence-electron chi connectivity index (χ1n) is 14.6. The Hall–Kier alpha value is -4.25. The lowest BCUT2D eigenvalue weighted by atomic mass is 9.96. The SMILES string of the molecule is CCNc1cc(-c2ccccc2-c2nncn2C)cc(N2Cc3c(cc(CN4CCC[C@@H](C)C4)cc3C(F)(F)F)C2=O)n1. The zero-order valence-electron chi connectivity index (χ0n) is 24.4. The average molecular weight is 590 g/mol. The normalized spacial score (nSPS) is 17.4. The summed E-state index contributed by atoms with van der Waals surface area (Å²) in [5.41, 5.74) is 2.24. The molecule has 4 aromatic rings. The molecule has 2 aromatic carbocycles. The number of fused-ring (bicyclic) bond motifs is 1. The molecule has 0 spiro atoms. The maximum atomic E-state index is 14.4. The molecule has 1 saturated heterocycles. The van der Waals surface area contributed by atoms with Gasteiger partial charge in [0.05, 0.1) is 12.1 Å². The molecule has 8 nitrogen and oxygen atoms in total. The van der Waals surface area contributed by atoms with Crippen molar-refractivity contribution >= 4 is 17.5 Å². The Morgan fingerprint density at radius 3 is 2.56 bits per heavy atom. The number of amides is 1. The van der Waals surface area contributed by atoms with E-state index in [0.717, 1.165) is 42.6 Å². The number of rotatable bonds is 7. The first-order valence-corrected chi connectivity index (χ1v) is 14.6. The van der Waals surface area contributed by atoms with Crippen molar-refractivity contribution in [2.75, 3.05) is 29.9 Å². The van der Waals surface area contributed by atoms with Gasteiger partial charge in [0.15, 0.2) is 5.82 Å². The molecule has 2 aromatic heterocycles. The molecule has 6 rings (SSSR count). The number of pyridine rings is 1. The molecule has 0 bridgehead atoms. The number of hydrogen-bond acceptors (Lipinski definition) is 6. The van der Waals surface area contributed by atoms with Crippen LogP contribution in [-0.4, -0.2) is 50.2 Å². The average Bonchev–Trinajstić information content (AvgIpc) is 3.55. The van der Waals surface area contributed by atoms with E-state index < -0.39 is 17.6 Å². The lowest BCUT2D eigenvalue weighted by Gasteiger charge is -2.31. The maximum absolute atomic E-state index is 14.4. The van der Waals surface area contributed by atoms with Crippen molar-refractivity contribution in [2.45, 2.75) is 46.0 Å². The molecule has 1 atom stereocenters. The fourth-order valence-corrected chi connectivity index (χ4v) is 6.22. The number of nitrogens with one attached hydrogen (secondary N) is 1. The number of carbonyl (C=O) groups is 1. The van der Waals surface area contributed by atoms with Crippen LogP contribution in [0.1, 0.15) is 53.7 Å². The molecular formula is C32H34F3N7O. The van der Waals surface area contributed by atoms with Gasteiger partial charge in [0, 0.05) is 37.8 Å². The summed E-state index contributed by atoms with van der Waals surface area (Å²) >= 11 is 0. The van der Waals surface area contributed by atoms with Gasteiger partial charge in [-0.1, -0.05) is 31.2 Å². The van der Waals surface area contributed by atoms with E-state index in [1.165, 1.54) is 11.0 Å². The first kappa shape index (κ1) is 28.9. The summed E-state index contributed by atoms with van der Waals surface area (Å²) in [5, 5.41) is 11.5. The number of piperidine rings is 1. The fourth-order valence-electron chi connectivity index (χ4n) is 6.22. The summed E-state index contributed by atoms with van der Waals surface area (Å²) in [6, 6.07) is 14.2. The van der Waals surface area contributed by atoms with Crippen LogP contribution in [0.15, 0.2) is 54.9 Å². The van der Waals surface area contributed by atoms with Crippen LogP contribution in [0.3, 0.4) is 0 Å². The van der Waals surface area contributed by atoms with Gasteiger partial charge in [0.25, 0.3) is 5.91 Å². The highest BCUT2D eigenvalue weighted by Crippen LogP contribution is 2.41. The van der Waals surface area contributed by atoms with Crippen molar-refractivity contribution in [3.8, 4) is 22.5 Å². The number of carbonyl (C=O) groups excluding carboxylic acids is 1.